The molecule has 2 aromatic carbocycles. The number of benzene rings is 2. The number of nitrogens with zero attached hydrogens (tertiary/aromatic N) is 1. The van der Waals surface area contributed by atoms with Gasteiger partial charge in [-0.25, -0.2) is 12.8 Å². The van der Waals surface area contributed by atoms with E-state index in [1.54, 1.807) is 6.07 Å². The normalized spacial score (nSPS) is 24.7. The fraction of sp³-hybridized carbons (Fsp3) is 0.400. The number of likely N-dealkylation sites (tertiary alicyclic amines) is 1. The Morgan fingerprint density at radius 2 is 2.00 bits per heavy atom. The highest BCUT2D eigenvalue weighted by atomic mass is 35.5. The highest BCUT2D eigenvalue weighted by Crippen LogP contribution is 2.43. The Morgan fingerprint density at radius 3 is 2.62 bits per heavy atom. The topological polar surface area (TPSA) is 66.8 Å². The Labute approximate surface area is 178 Å². The fourth-order valence-corrected chi connectivity index (χ4v) is 5.24. The minimum atomic E-state index is -3.40. The number of aliphatic hydroxyl groups excluding tert-OH is 1. The molecule has 1 fully saturated rings. The average Bonchev–Trinajstić information content (AvgIpc) is 3.20. The van der Waals surface area contributed by atoms with Crippen molar-refractivity contribution >= 4 is 33.0 Å². The van der Waals surface area contributed by atoms with Crippen LogP contribution in [0.4, 0.5) is 4.39 Å². The Kier molecular flexibility index (Phi) is 5.55. The zero-order valence-corrected chi connectivity index (χ0v) is 17.9. The molecule has 1 aliphatic carbocycles. The molecule has 1 heterocycles. The van der Waals surface area contributed by atoms with E-state index < -0.39 is 22.0 Å². The molecule has 0 radical (unpaired) electrons. The molecule has 0 saturated carbocycles. The highest BCUT2D eigenvalue weighted by Gasteiger charge is 2.42. The minimum Gasteiger partial charge on any atom is -0.482 e. The first-order valence-corrected chi connectivity index (χ1v) is 11.8. The average molecular weight is 460 g/mol. The van der Waals surface area contributed by atoms with Crippen molar-refractivity contribution in [3.63, 3.8) is 0 Å². The summed E-state index contributed by atoms with van der Waals surface area (Å²) in [6.07, 6.45) is 1.20. The van der Waals surface area contributed by atoms with Crippen molar-refractivity contribution in [3.05, 3.63) is 57.3 Å². The molecule has 0 amide bonds. The van der Waals surface area contributed by atoms with Crippen LogP contribution in [0.2, 0.25) is 10.0 Å². The molecule has 1 N–H and O–H groups in total. The largest absolute Gasteiger partial charge is 0.482 e. The zero-order valence-electron chi connectivity index (χ0n) is 15.6. The molecule has 0 aromatic heterocycles. The van der Waals surface area contributed by atoms with E-state index in [4.69, 9.17) is 27.9 Å². The number of hydrogen-bond donors (Lipinski definition) is 1. The van der Waals surface area contributed by atoms with E-state index in [0.717, 1.165) is 6.26 Å². The van der Waals surface area contributed by atoms with Crippen molar-refractivity contribution in [2.24, 2.45) is 0 Å². The van der Waals surface area contributed by atoms with Gasteiger partial charge in [0, 0.05) is 29.9 Å². The fourth-order valence-electron chi connectivity index (χ4n) is 4.09. The number of fused-ring (bicyclic) bond motifs is 1. The van der Waals surface area contributed by atoms with E-state index >= 15 is 0 Å². The molecule has 0 spiro atoms. The number of sulfone groups is 1. The van der Waals surface area contributed by atoms with E-state index in [-0.39, 0.29) is 26.8 Å². The molecule has 5 nitrogen and oxygen atoms in total. The molecule has 156 valence electrons. The maximum Gasteiger partial charge on any atom is 0.175 e. The standard InChI is InChI=1S/C20H20Cl2FNO4S/c1-29(26,27)13-2-3-19(16(22)8-13)28-20-15-6-11(21)7-17(23)14(15)9-18(20)24-5-4-12(25)10-24/h2-3,6-8,12,18,20,25H,4-5,9-10H2,1H3/t12-,18+,20-/m1/s1. The SMILES string of the molecule is CS(=O)(=O)c1ccc(O[C@@H]2c3cc(Cl)cc(F)c3C[C@@H]2N2CC[C@@H](O)C2)c(Cl)c1. The van der Waals surface area contributed by atoms with Gasteiger partial charge >= 0.3 is 0 Å². The third-order valence-electron chi connectivity index (χ3n) is 5.51. The Bertz CT molecular complexity index is 1060. The first kappa shape index (κ1) is 20.9. The molecule has 3 atom stereocenters. The smallest absolute Gasteiger partial charge is 0.175 e. The van der Waals surface area contributed by atoms with Gasteiger partial charge in [0.15, 0.2) is 9.84 Å². The van der Waals surface area contributed by atoms with Crippen LogP contribution in [0.25, 0.3) is 0 Å². The van der Waals surface area contributed by atoms with Crippen molar-refractivity contribution in [2.45, 2.75) is 36.0 Å². The summed E-state index contributed by atoms with van der Waals surface area (Å²) < 4.78 is 44.3. The van der Waals surface area contributed by atoms with Gasteiger partial charge in [0.05, 0.1) is 22.1 Å². The molecule has 1 saturated heterocycles. The number of halogens is 3. The van der Waals surface area contributed by atoms with Crippen LogP contribution in [0.15, 0.2) is 35.2 Å². The molecule has 0 bridgehead atoms. The van der Waals surface area contributed by atoms with Crippen molar-refractivity contribution in [2.75, 3.05) is 19.3 Å². The third-order valence-corrected chi connectivity index (χ3v) is 7.14. The number of β-amino-alcohol motifs (C(OH)–C–C–N with tert-alkyl or cyclic N) is 1. The molecule has 4 rings (SSSR count). The molecule has 9 heteroatoms. The van der Waals surface area contributed by atoms with Gasteiger partial charge in [-0.1, -0.05) is 23.2 Å². The summed E-state index contributed by atoms with van der Waals surface area (Å²) in [6.45, 7) is 1.16. The Hall–Kier alpha value is -1.38. The second kappa shape index (κ2) is 7.71. The summed E-state index contributed by atoms with van der Waals surface area (Å²) in [4.78, 5) is 2.18. The molecule has 2 aromatic rings. The number of hydrogen-bond acceptors (Lipinski definition) is 5. The van der Waals surface area contributed by atoms with Gasteiger partial charge in [-0.2, -0.15) is 0 Å². The minimum absolute atomic E-state index is 0.0926. The Balaban J connectivity index is 1.71. The van der Waals surface area contributed by atoms with Crippen LogP contribution in [-0.4, -0.2) is 49.9 Å². The second-order valence-electron chi connectivity index (χ2n) is 7.57. The maximum atomic E-state index is 14.6. The second-order valence-corrected chi connectivity index (χ2v) is 10.4. The predicted molar refractivity (Wildman–Crippen MR) is 109 cm³/mol. The van der Waals surface area contributed by atoms with E-state index in [2.05, 4.69) is 4.90 Å². The van der Waals surface area contributed by atoms with Crippen molar-refractivity contribution in [1.29, 1.82) is 0 Å². The van der Waals surface area contributed by atoms with Crippen LogP contribution in [0.5, 0.6) is 5.75 Å². The van der Waals surface area contributed by atoms with E-state index in [1.165, 1.54) is 24.3 Å². The zero-order chi connectivity index (χ0) is 20.9. The van der Waals surface area contributed by atoms with Crippen molar-refractivity contribution in [3.8, 4) is 5.75 Å². The van der Waals surface area contributed by atoms with Crippen molar-refractivity contribution in [1.82, 2.24) is 4.90 Å². The van der Waals surface area contributed by atoms with Crippen LogP contribution < -0.4 is 4.74 Å². The molecule has 2 aliphatic rings. The molecular formula is C20H20Cl2FNO4S. The number of ether oxygens (including phenoxy) is 1. The lowest BCUT2D eigenvalue weighted by atomic mass is 10.1. The summed E-state index contributed by atoms with van der Waals surface area (Å²) in [6, 6.07) is 7.06. The summed E-state index contributed by atoms with van der Waals surface area (Å²) in [5.74, 6) is -0.0797. The van der Waals surface area contributed by atoms with Crippen LogP contribution in [0.3, 0.4) is 0 Å². The van der Waals surface area contributed by atoms with Crippen molar-refractivity contribution < 1.29 is 22.7 Å². The lowest BCUT2D eigenvalue weighted by Crippen LogP contribution is -2.39. The van der Waals surface area contributed by atoms with E-state index in [1.807, 2.05) is 0 Å². The van der Waals surface area contributed by atoms with Gasteiger partial charge in [0.1, 0.15) is 17.7 Å². The monoisotopic (exact) mass is 459 g/mol. The van der Waals surface area contributed by atoms with E-state index in [0.29, 0.717) is 42.8 Å². The van der Waals surface area contributed by atoms with Gasteiger partial charge in [0.2, 0.25) is 0 Å². The van der Waals surface area contributed by atoms with Crippen LogP contribution >= 0.6 is 23.2 Å². The number of rotatable bonds is 4. The molecule has 29 heavy (non-hydrogen) atoms. The first-order valence-electron chi connectivity index (χ1n) is 9.19. The summed E-state index contributed by atoms with van der Waals surface area (Å²) in [5, 5.41) is 10.4. The first-order chi connectivity index (χ1) is 13.6. The summed E-state index contributed by atoms with van der Waals surface area (Å²) in [7, 11) is -3.40. The van der Waals surface area contributed by atoms with Gasteiger partial charge in [-0.05, 0) is 48.7 Å². The van der Waals surface area contributed by atoms with Gasteiger partial charge in [-0.15, -0.1) is 0 Å². The van der Waals surface area contributed by atoms with Gasteiger partial charge in [-0.3, -0.25) is 4.90 Å². The number of aliphatic hydroxyl groups is 1. The molecular weight excluding hydrogens is 440 g/mol. The van der Waals surface area contributed by atoms with Gasteiger partial charge in [0.25, 0.3) is 0 Å². The molecule has 1 aliphatic heterocycles. The van der Waals surface area contributed by atoms with Crippen LogP contribution in [-0.2, 0) is 16.3 Å². The lowest BCUT2D eigenvalue weighted by Gasteiger charge is -2.30. The quantitative estimate of drug-likeness (QED) is 0.755. The van der Waals surface area contributed by atoms with E-state index in [9.17, 15) is 17.9 Å². The van der Waals surface area contributed by atoms with Gasteiger partial charge < -0.3 is 9.84 Å². The summed E-state index contributed by atoms with van der Waals surface area (Å²) in [5.41, 5.74) is 1.18. The predicted octanol–water partition coefficient (Wildman–Crippen LogP) is 3.65. The molecule has 0 unspecified atom stereocenters. The summed E-state index contributed by atoms with van der Waals surface area (Å²) >= 11 is 12.4. The van der Waals surface area contributed by atoms with Crippen LogP contribution in [0.1, 0.15) is 23.7 Å². The third kappa shape index (κ3) is 4.11. The lowest BCUT2D eigenvalue weighted by molar-refractivity contribution is 0.0818. The highest BCUT2D eigenvalue weighted by molar-refractivity contribution is 7.90. The maximum absolute atomic E-state index is 14.6. The Morgan fingerprint density at radius 1 is 1.24 bits per heavy atom. The van der Waals surface area contributed by atoms with Crippen LogP contribution in [0, 0.1) is 5.82 Å².